The minimum Gasteiger partial charge on any atom is -0.489 e. The van der Waals surface area contributed by atoms with Crippen LogP contribution in [-0.2, 0) is 39.1 Å². The Bertz CT molecular complexity index is 1200. The van der Waals surface area contributed by atoms with Gasteiger partial charge in [-0.25, -0.2) is 18.1 Å². The summed E-state index contributed by atoms with van der Waals surface area (Å²) < 4.78 is 44.0. The number of hydrogen-bond donors (Lipinski definition) is 1. The zero-order chi connectivity index (χ0) is 24.7. The average molecular weight is 519 g/mol. The van der Waals surface area contributed by atoms with Crippen LogP contribution in [-0.4, -0.2) is 38.9 Å². The van der Waals surface area contributed by atoms with Crippen LogP contribution in [0.1, 0.15) is 42.0 Å². The van der Waals surface area contributed by atoms with Crippen LogP contribution in [0.15, 0.2) is 65.3 Å². The van der Waals surface area contributed by atoms with E-state index in [1.807, 2.05) is 48.5 Å². The Hall–Kier alpha value is -2.39. The maximum atomic E-state index is 11.7. The zero-order valence-corrected chi connectivity index (χ0v) is 21.4. The van der Waals surface area contributed by atoms with Crippen molar-refractivity contribution < 1.29 is 22.3 Å². The molecule has 1 saturated carbocycles. The highest BCUT2D eigenvalue weighted by Gasteiger charge is 2.45. The largest absolute Gasteiger partial charge is 0.489 e. The lowest BCUT2D eigenvalue weighted by atomic mass is 9.86. The lowest BCUT2D eigenvalue weighted by Crippen LogP contribution is -2.36. The molecule has 1 fully saturated rings. The van der Waals surface area contributed by atoms with E-state index < -0.39 is 15.4 Å². The molecule has 0 amide bonds. The molecule has 0 saturated heterocycles. The number of rotatable bonds is 12. The van der Waals surface area contributed by atoms with Gasteiger partial charge in [-0.2, -0.15) is 0 Å². The highest BCUT2D eigenvalue weighted by Crippen LogP contribution is 2.41. The number of oxazole rings is 1. The summed E-state index contributed by atoms with van der Waals surface area (Å²) in [6.45, 7) is 1.42. The Labute approximate surface area is 211 Å². The Morgan fingerprint density at radius 2 is 1.97 bits per heavy atom. The van der Waals surface area contributed by atoms with Crippen molar-refractivity contribution in [2.75, 3.05) is 19.5 Å². The highest BCUT2D eigenvalue weighted by atomic mass is 35.5. The molecule has 2 atom stereocenters. The number of sulfonamides is 1. The second-order valence-electron chi connectivity index (χ2n) is 9.11. The number of aromatic nitrogens is 1. The lowest BCUT2D eigenvalue weighted by molar-refractivity contribution is 0.0733. The summed E-state index contributed by atoms with van der Waals surface area (Å²) in [6.07, 6.45) is 5.43. The van der Waals surface area contributed by atoms with E-state index in [4.69, 9.17) is 25.5 Å². The van der Waals surface area contributed by atoms with E-state index in [0.717, 1.165) is 23.3 Å². The van der Waals surface area contributed by atoms with Crippen LogP contribution < -0.4 is 9.46 Å². The van der Waals surface area contributed by atoms with E-state index in [1.165, 1.54) is 6.26 Å². The summed E-state index contributed by atoms with van der Waals surface area (Å²) in [5, 5.41) is 0. The van der Waals surface area contributed by atoms with Crippen molar-refractivity contribution in [1.29, 1.82) is 0 Å². The molecule has 0 unspecified atom stereocenters. The van der Waals surface area contributed by atoms with E-state index in [1.54, 1.807) is 6.26 Å². The van der Waals surface area contributed by atoms with Gasteiger partial charge in [-0.3, -0.25) is 0 Å². The summed E-state index contributed by atoms with van der Waals surface area (Å²) >= 11 is 5.92. The van der Waals surface area contributed by atoms with Gasteiger partial charge in [0.1, 0.15) is 18.6 Å². The topological polar surface area (TPSA) is 90.7 Å². The second kappa shape index (κ2) is 11.6. The van der Waals surface area contributed by atoms with Crippen molar-refractivity contribution in [2.45, 2.75) is 49.6 Å². The molecule has 0 bridgehead atoms. The van der Waals surface area contributed by atoms with Crippen LogP contribution in [0.2, 0.25) is 0 Å². The first kappa shape index (κ1) is 25.7. The minimum absolute atomic E-state index is 0.182. The maximum absolute atomic E-state index is 11.7. The fourth-order valence-electron chi connectivity index (χ4n) is 4.52. The van der Waals surface area contributed by atoms with Crippen molar-refractivity contribution in [3.63, 3.8) is 0 Å². The molecule has 4 rings (SSSR count). The molecule has 0 aliphatic heterocycles. The van der Waals surface area contributed by atoms with Crippen LogP contribution in [0, 0.1) is 0 Å². The van der Waals surface area contributed by atoms with Gasteiger partial charge in [0.25, 0.3) is 0 Å². The van der Waals surface area contributed by atoms with E-state index in [-0.39, 0.29) is 11.9 Å². The molecule has 3 aromatic rings. The first-order valence-corrected chi connectivity index (χ1v) is 14.1. The van der Waals surface area contributed by atoms with Gasteiger partial charge in [0.2, 0.25) is 15.9 Å². The molecule has 2 aromatic carbocycles. The van der Waals surface area contributed by atoms with Crippen molar-refractivity contribution in [1.82, 2.24) is 9.71 Å². The van der Waals surface area contributed by atoms with Crippen LogP contribution in [0.25, 0.3) is 0 Å². The minimum atomic E-state index is -3.30. The standard InChI is InChI=1S/C26H31ClN2O5S/c1-35(30,31)29-22-10-12-26(15-22,25-28-23(16-27)18-34-25)19-32-13-11-20-8-5-9-24(14-20)33-17-21-6-3-2-4-7-21/h2-9,14,18,22,29H,10-13,15-17,19H2,1H3/t22-,26-/m0/s1. The van der Waals surface area contributed by atoms with Crippen molar-refractivity contribution >= 4 is 21.6 Å². The van der Waals surface area contributed by atoms with Gasteiger partial charge < -0.3 is 13.9 Å². The number of ether oxygens (including phenoxy) is 2. The molecular formula is C26H31ClN2O5S. The zero-order valence-electron chi connectivity index (χ0n) is 19.8. The molecule has 35 heavy (non-hydrogen) atoms. The smallest absolute Gasteiger partial charge is 0.208 e. The van der Waals surface area contributed by atoms with Gasteiger partial charge in [0.05, 0.1) is 36.5 Å². The maximum Gasteiger partial charge on any atom is 0.208 e. The highest BCUT2D eigenvalue weighted by molar-refractivity contribution is 7.88. The van der Waals surface area contributed by atoms with Gasteiger partial charge in [0, 0.05) is 6.04 Å². The fraction of sp³-hybridized carbons (Fsp3) is 0.423. The van der Waals surface area contributed by atoms with Crippen LogP contribution in [0.5, 0.6) is 5.75 Å². The number of halogens is 1. The summed E-state index contributed by atoms with van der Waals surface area (Å²) in [6, 6.07) is 17.9. The van der Waals surface area contributed by atoms with Gasteiger partial charge in [-0.15, -0.1) is 11.6 Å². The van der Waals surface area contributed by atoms with Crippen molar-refractivity contribution in [3.05, 3.63) is 83.6 Å². The van der Waals surface area contributed by atoms with Crippen molar-refractivity contribution in [3.8, 4) is 5.75 Å². The van der Waals surface area contributed by atoms with E-state index in [2.05, 4.69) is 15.8 Å². The Morgan fingerprint density at radius 1 is 1.17 bits per heavy atom. The Kier molecular flexibility index (Phi) is 8.49. The first-order valence-electron chi connectivity index (χ1n) is 11.7. The van der Waals surface area contributed by atoms with E-state index in [9.17, 15) is 8.42 Å². The lowest BCUT2D eigenvalue weighted by Gasteiger charge is -2.26. The predicted molar refractivity (Wildman–Crippen MR) is 135 cm³/mol. The monoisotopic (exact) mass is 518 g/mol. The third kappa shape index (κ3) is 7.30. The second-order valence-corrected chi connectivity index (χ2v) is 11.2. The molecular weight excluding hydrogens is 488 g/mol. The molecule has 0 radical (unpaired) electrons. The number of nitrogens with zero attached hydrogens (tertiary/aromatic N) is 1. The number of hydrogen-bond acceptors (Lipinski definition) is 6. The van der Waals surface area contributed by atoms with Crippen LogP contribution >= 0.6 is 11.6 Å². The molecule has 1 aliphatic rings. The van der Waals surface area contributed by atoms with Gasteiger partial charge >= 0.3 is 0 Å². The first-order chi connectivity index (χ1) is 16.9. The molecule has 1 aromatic heterocycles. The number of benzene rings is 2. The molecule has 1 N–H and O–H groups in total. The molecule has 0 spiro atoms. The number of alkyl halides is 1. The Morgan fingerprint density at radius 3 is 2.71 bits per heavy atom. The van der Waals surface area contributed by atoms with E-state index in [0.29, 0.717) is 50.7 Å². The van der Waals surface area contributed by atoms with Gasteiger partial charge in [-0.05, 0) is 48.9 Å². The summed E-state index contributed by atoms with van der Waals surface area (Å²) in [5.74, 6) is 1.64. The van der Waals surface area contributed by atoms with Crippen LogP contribution in [0.3, 0.4) is 0 Å². The normalized spacial score (nSPS) is 20.2. The summed E-state index contributed by atoms with van der Waals surface area (Å²) in [4.78, 5) is 4.54. The fourth-order valence-corrected chi connectivity index (χ4v) is 5.45. The average Bonchev–Trinajstić information content (AvgIpc) is 3.49. The van der Waals surface area contributed by atoms with Gasteiger partial charge in [0.15, 0.2) is 0 Å². The quantitative estimate of drug-likeness (QED) is 0.278. The molecule has 1 aliphatic carbocycles. The van der Waals surface area contributed by atoms with Crippen LogP contribution in [0.4, 0.5) is 0 Å². The molecule has 7 nitrogen and oxygen atoms in total. The number of nitrogens with one attached hydrogen (secondary N) is 1. The Balaban J connectivity index is 1.34. The third-order valence-electron chi connectivity index (χ3n) is 6.19. The third-order valence-corrected chi connectivity index (χ3v) is 7.23. The SMILES string of the molecule is CS(=O)(=O)N[C@H]1CC[C@](COCCc2cccc(OCc3ccccc3)c2)(c2nc(CCl)co2)C1. The summed E-state index contributed by atoms with van der Waals surface area (Å²) in [7, 11) is -3.30. The van der Waals surface area contributed by atoms with Crippen molar-refractivity contribution in [2.24, 2.45) is 0 Å². The van der Waals surface area contributed by atoms with E-state index >= 15 is 0 Å². The summed E-state index contributed by atoms with van der Waals surface area (Å²) in [5.41, 5.74) is 2.41. The van der Waals surface area contributed by atoms with Gasteiger partial charge in [-0.1, -0.05) is 42.5 Å². The molecule has 9 heteroatoms. The predicted octanol–water partition coefficient (Wildman–Crippen LogP) is 4.59. The molecule has 188 valence electrons. The molecule has 1 heterocycles.